The highest BCUT2D eigenvalue weighted by Crippen LogP contribution is 2.46. The first-order chi connectivity index (χ1) is 15.6. The van der Waals surface area contributed by atoms with Gasteiger partial charge in [-0.05, 0) is 59.2 Å². The third-order valence-electron chi connectivity index (χ3n) is 7.02. The molecule has 1 saturated carbocycles. The summed E-state index contributed by atoms with van der Waals surface area (Å²) >= 11 is 3.64. The molecule has 0 spiro atoms. The summed E-state index contributed by atoms with van der Waals surface area (Å²) in [5.41, 5.74) is 9.02. The van der Waals surface area contributed by atoms with Crippen LogP contribution >= 0.6 is 15.9 Å². The van der Waals surface area contributed by atoms with Gasteiger partial charge in [0, 0.05) is 31.5 Å². The van der Waals surface area contributed by atoms with Crippen LogP contribution in [0, 0.1) is 17.8 Å². The van der Waals surface area contributed by atoms with Crippen LogP contribution in [-0.4, -0.2) is 45.0 Å². The Morgan fingerprint density at radius 2 is 2.03 bits per heavy atom. The molecule has 4 heterocycles. The molecule has 8 nitrogen and oxygen atoms in total. The minimum absolute atomic E-state index is 0.0466. The lowest BCUT2D eigenvalue weighted by atomic mass is 9.88. The Hall–Kier alpha value is -2.94. The Labute approximate surface area is 193 Å². The predicted octanol–water partition coefficient (Wildman–Crippen LogP) is 3.47. The van der Waals surface area contributed by atoms with Crippen LogP contribution in [0.15, 0.2) is 41.2 Å². The number of anilines is 2. The zero-order valence-corrected chi connectivity index (χ0v) is 19.0. The Morgan fingerprint density at radius 3 is 2.84 bits per heavy atom. The van der Waals surface area contributed by atoms with Gasteiger partial charge in [-0.25, -0.2) is 15.0 Å². The van der Waals surface area contributed by atoms with Crippen LogP contribution in [0.1, 0.15) is 19.3 Å². The first-order valence-electron chi connectivity index (χ1n) is 11.1. The number of carbonyl (C=O) groups is 1. The minimum Gasteiger partial charge on any atom is -0.378 e. The molecule has 4 atom stereocenters. The van der Waals surface area contributed by atoms with E-state index in [1.165, 1.54) is 12.8 Å². The summed E-state index contributed by atoms with van der Waals surface area (Å²) in [7, 11) is 0. The van der Waals surface area contributed by atoms with E-state index in [0.717, 1.165) is 52.4 Å². The monoisotopic (exact) mass is 493 g/mol. The number of amides is 1. The number of aromatic amines is 1. The van der Waals surface area contributed by atoms with Crippen molar-refractivity contribution >= 4 is 44.5 Å². The Bertz CT molecular complexity index is 1230. The second-order valence-corrected chi connectivity index (χ2v) is 9.73. The van der Waals surface area contributed by atoms with Gasteiger partial charge >= 0.3 is 0 Å². The van der Waals surface area contributed by atoms with E-state index in [1.54, 1.807) is 6.20 Å². The maximum Gasteiger partial charge on any atom is 0.223 e. The second kappa shape index (κ2) is 7.58. The number of hydrogen-bond donors (Lipinski definition) is 3. The lowest BCUT2D eigenvalue weighted by molar-refractivity contribution is -0.122. The SMILES string of the molecule is NC(=O)C1C2C=CC(C2)C1Nc1c(Br)cnc2nc(-c3cccnc3N3CCCC3)[nH]c12. The summed E-state index contributed by atoms with van der Waals surface area (Å²) in [5, 5.41) is 3.61. The van der Waals surface area contributed by atoms with Gasteiger partial charge in [0.2, 0.25) is 5.91 Å². The minimum atomic E-state index is -0.253. The van der Waals surface area contributed by atoms with Crippen molar-refractivity contribution in [3.8, 4) is 11.4 Å². The van der Waals surface area contributed by atoms with Crippen LogP contribution in [0.5, 0.6) is 0 Å². The van der Waals surface area contributed by atoms with Crippen LogP contribution in [0.4, 0.5) is 11.5 Å². The number of primary amides is 1. The first-order valence-corrected chi connectivity index (χ1v) is 11.9. The van der Waals surface area contributed by atoms with Crippen LogP contribution in [0.2, 0.25) is 0 Å². The average Bonchev–Trinajstić information content (AvgIpc) is 3.58. The molecule has 0 radical (unpaired) electrons. The normalized spacial score (nSPS) is 26.3. The standard InChI is InChI=1S/C23H24BrN7O/c24-15-11-27-22-19(18(15)28-17-13-6-5-12(10-13)16(17)20(25)32)29-21(30-22)14-4-3-7-26-23(14)31-8-1-2-9-31/h3-7,11-13,16-17H,1-2,8-10H2,(H2,25,32)(H2,27,28,29,30). The highest BCUT2D eigenvalue weighted by atomic mass is 79.9. The van der Waals surface area contributed by atoms with Gasteiger partial charge in [-0.2, -0.15) is 0 Å². The number of H-pyrrole nitrogens is 1. The number of nitrogens with one attached hydrogen (secondary N) is 2. The van der Waals surface area contributed by atoms with Crippen LogP contribution in [0.25, 0.3) is 22.6 Å². The van der Waals surface area contributed by atoms with E-state index in [-0.39, 0.29) is 29.7 Å². The molecule has 4 N–H and O–H groups in total. The largest absolute Gasteiger partial charge is 0.378 e. The number of halogens is 1. The van der Waals surface area contributed by atoms with Crippen molar-refractivity contribution in [3.63, 3.8) is 0 Å². The lowest BCUT2D eigenvalue weighted by Gasteiger charge is -2.28. The number of nitrogens with two attached hydrogens (primary N) is 1. The van der Waals surface area contributed by atoms with Crippen molar-refractivity contribution in [2.24, 2.45) is 23.5 Å². The van der Waals surface area contributed by atoms with Crippen LogP contribution in [-0.2, 0) is 4.79 Å². The number of fused-ring (bicyclic) bond motifs is 3. The van der Waals surface area contributed by atoms with Gasteiger partial charge in [0.25, 0.3) is 0 Å². The van der Waals surface area contributed by atoms with Gasteiger partial charge in [-0.15, -0.1) is 0 Å². The number of aromatic nitrogens is 4. The fourth-order valence-electron chi connectivity index (χ4n) is 5.54. The zero-order valence-electron chi connectivity index (χ0n) is 17.5. The van der Waals surface area contributed by atoms with E-state index < -0.39 is 0 Å². The third kappa shape index (κ3) is 3.09. The van der Waals surface area contributed by atoms with E-state index in [4.69, 9.17) is 10.7 Å². The molecule has 0 aromatic carbocycles. The second-order valence-electron chi connectivity index (χ2n) is 8.88. The lowest BCUT2D eigenvalue weighted by Crippen LogP contribution is -2.41. The van der Waals surface area contributed by atoms with Gasteiger partial charge in [0.1, 0.15) is 17.2 Å². The highest BCUT2D eigenvalue weighted by Gasteiger charge is 2.47. The van der Waals surface area contributed by atoms with Gasteiger partial charge < -0.3 is 20.9 Å². The summed E-state index contributed by atoms with van der Waals surface area (Å²) in [6.45, 7) is 2.01. The zero-order chi connectivity index (χ0) is 21.8. The molecule has 1 aliphatic heterocycles. The maximum absolute atomic E-state index is 12.2. The molecule has 4 unspecified atom stereocenters. The van der Waals surface area contributed by atoms with Gasteiger partial charge in [-0.3, -0.25) is 4.79 Å². The molecular weight excluding hydrogens is 470 g/mol. The number of imidazole rings is 1. The molecule has 2 fully saturated rings. The van der Waals surface area contributed by atoms with E-state index >= 15 is 0 Å². The van der Waals surface area contributed by atoms with Crippen molar-refractivity contribution in [1.29, 1.82) is 0 Å². The van der Waals surface area contributed by atoms with Crippen molar-refractivity contribution in [3.05, 3.63) is 41.2 Å². The Balaban J connectivity index is 1.41. The Morgan fingerprint density at radius 1 is 1.22 bits per heavy atom. The number of nitrogens with zero attached hydrogens (tertiary/aromatic N) is 4. The number of hydrogen-bond acceptors (Lipinski definition) is 6. The molecule has 1 saturated heterocycles. The molecule has 3 aromatic heterocycles. The summed E-state index contributed by atoms with van der Waals surface area (Å²) in [4.78, 5) is 31.9. The molecule has 164 valence electrons. The molecule has 1 amide bonds. The predicted molar refractivity (Wildman–Crippen MR) is 127 cm³/mol. The number of rotatable bonds is 5. The van der Waals surface area contributed by atoms with Gasteiger partial charge in [-0.1, -0.05) is 12.2 Å². The summed E-state index contributed by atoms with van der Waals surface area (Å²) in [5.74, 6) is 1.71. The molecule has 2 bridgehead atoms. The van der Waals surface area contributed by atoms with Crippen molar-refractivity contribution in [2.45, 2.75) is 25.3 Å². The van der Waals surface area contributed by atoms with Crippen LogP contribution in [0.3, 0.4) is 0 Å². The van der Waals surface area contributed by atoms with E-state index in [0.29, 0.717) is 5.65 Å². The number of allylic oxidation sites excluding steroid dienone is 1. The highest BCUT2D eigenvalue weighted by molar-refractivity contribution is 9.10. The van der Waals surface area contributed by atoms with E-state index in [2.05, 4.69) is 53.3 Å². The topological polar surface area (TPSA) is 113 Å². The average molecular weight is 494 g/mol. The molecule has 9 heteroatoms. The van der Waals surface area contributed by atoms with E-state index in [1.807, 2.05) is 18.3 Å². The van der Waals surface area contributed by atoms with Crippen molar-refractivity contribution < 1.29 is 4.79 Å². The van der Waals surface area contributed by atoms with Crippen molar-refractivity contribution in [1.82, 2.24) is 19.9 Å². The molecule has 6 rings (SSSR count). The molecule has 2 aliphatic carbocycles. The molecular formula is C23H24BrN7O. The fraction of sp³-hybridized carbons (Fsp3) is 0.391. The number of pyridine rings is 2. The first kappa shape index (κ1) is 19.7. The smallest absolute Gasteiger partial charge is 0.223 e. The third-order valence-corrected chi connectivity index (χ3v) is 7.62. The summed E-state index contributed by atoms with van der Waals surface area (Å²) in [6.07, 6.45) is 11.2. The molecule has 32 heavy (non-hydrogen) atoms. The van der Waals surface area contributed by atoms with E-state index in [9.17, 15) is 4.79 Å². The summed E-state index contributed by atoms with van der Waals surface area (Å²) < 4.78 is 0.820. The fourth-order valence-corrected chi connectivity index (χ4v) is 5.95. The quantitative estimate of drug-likeness (QED) is 0.469. The van der Waals surface area contributed by atoms with Gasteiger partial charge in [0.15, 0.2) is 5.65 Å². The molecule has 3 aromatic rings. The van der Waals surface area contributed by atoms with Crippen LogP contribution < -0.4 is 16.0 Å². The maximum atomic E-state index is 12.2. The molecule has 3 aliphatic rings. The summed E-state index contributed by atoms with van der Waals surface area (Å²) in [6, 6.07) is 3.93. The van der Waals surface area contributed by atoms with Gasteiger partial charge in [0.05, 0.1) is 21.6 Å². The number of carbonyl (C=O) groups excluding carboxylic acids is 1. The Kier molecular flexibility index (Phi) is 4.67. The van der Waals surface area contributed by atoms with Crippen molar-refractivity contribution in [2.75, 3.05) is 23.3 Å².